The van der Waals surface area contributed by atoms with E-state index < -0.39 is 22.6 Å². The van der Waals surface area contributed by atoms with E-state index in [0.29, 0.717) is 29.9 Å². The molecule has 2 aromatic rings. The van der Waals surface area contributed by atoms with Crippen molar-refractivity contribution in [3.8, 4) is 17.6 Å². The zero-order chi connectivity index (χ0) is 20.6. The summed E-state index contributed by atoms with van der Waals surface area (Å²) in [4.78, 5) is 10.9. The van der Waals surface area contributed by atoms with Crippen LogP contribution in [0.3, 0.4) is 0 Å². The van der Waals surface area contributed by atoms with Gasteiger partial charge in [0.05, 0.1) is 16.5 Å². The van der Waals surface area contributed by atoms with Gasteiger partial charge in [-0.1, -0.05) is 12.1 Å². The molecule has 1 aliphatic heterocycles. The molecule has 0 amide bonds. The fourth-order valence-electron chi connectivity index (χ4n) is 3.95. The van der Waals surface area contributed by atoms with Gasteiger partial charge in [0.2, 0.25) is 10.0 Å². The van der Waals surface area contributed by atoms with Crippen molar-refractivity contribution >= 4 is 16.0 Å². The van der Waals surface area contributed by atoms with E-state index in [-0.39, 0.29) is 23.0 Å². The van der Waals surface area contributed by atoms with Crippen molar-refractivity contribution in [3.05, 3.63) is 53.6 Å². The van der Waals surface area contributed by atoms with Crippen LogP contribution < -0.4 is 14.2 Å². The second-order valence-electron chi connectivity index (χ2n) is 6.98. The smallest absolute Gasteiger partial charge is 0.341 e. The molecule has 1 heterocycles. The first-order chi connectivity index (χ1) is 13.9. The Kier molecular flexibility index (Phi) is 4.90. The molecule has 29 heavy (non-hydrogen) atoms. The minimum absolute atomic E-state index is 0.0950. The Hall–Kier alpha value is -3.09. The second kappa shape index (κ2) is 7.39. The van der Waals surface area contributed by atoms with Crippen molar-refractivity contribution in [2.24, 2.45) is 0 Å². The number of sulfonamides is 1. The zero-order valence-corrected chi connectivity index (χ0v) is 16.1. The zero-order valence-electron chi connectivity index (χ0n) is 15.2. The van der Waals surface area contributed by atoms with Crippen LogP contribution in [0, 0.1) is 11.3 Å². The van der Waals surface area contributed by atoms with Gasteiger partial charge in [0.25, 0.3) is 0 Å². The van der Waals surface area contributed by atoms with E-state index in [1.54, 1.807) is 12.1 Å². The van der Waals surface area contributed by atoms with Crippen molar-refractivity contribution in [1.29, 1.82) is 5.26 Å². The number of carboxylic acid groups (broad SMARTS) is 1. The summed E-state index contributed by atoms with van der Waals surface area (Å²) >= 11 is 0. The number of benzene rings is 2. The third-order valence-corrected chi connectivity index (χ3v) is 6.69. The summed E-state index contributed by atoms with van der Waals surface area (Å²) in [7, 11) is -3.77. The molecule has 2 aromatic carbocycles. The predicted molar refractivity (Wildman–Crippen MR) is 101 cm³/mol. The Morgan fingerprint density at radius 1 is 1.24 bits per heavy atom. The van der Waals surface area contributed by atoms with Gasteiger partial charge >= 0.3 is 5.97 Å². The van der Waals surface area contributed by atoms with E-state index in [1.807, 2.05) is 12.1 Å². The maximum absolute atomic E-state index is 12.8. The number of ether oxygens (including phenoxy) is 2. The number of carbonyl (C=O) groups is 1. The Bertz CT molecular complexity index is 1090. The van der Waals surface area contributed by atoms with Gasteiger partial charge in [0, 0.05) is 17.5 Å². The third kappa shape index (κ3) is 3.64. The van der Waals surface area contributed by atoms with E-state index in [1.165, 1.54) is 24.3 Å². The maximum Gasteiger partial charge on any atom is 0.341 e. The van der Waals surface area contributed by atoms with E-state index in [2.05, 4.69) is 4.72 Å². The number of para-hydroxylation sites is 1. The van der Waals surface area contributed by atoms with E-state index >= 15 is 0 Å². The van der Waals surface area contributed by atoms with Crippen LogP contribution in [0.5, 0.6) is 11.5 Å². The number of hydrogen-bond donors (Lipinski definition) is 2. The average Bonchev–Trinajstić information content (AvgIpc) is 3.26. The molecule has 150 valence electrons. The number of aliphatic carboxylic acids is 1. The average molecular weight is 414 g/mol. The van der Waals surface area contributed by atoms with Crippen molar-refractivity contribution in [2.45, 2.75) is 35.8 Å². The number of nitrogens with zero attached hydrogens (tertiary/aromatic N) is 1. The van der Waals surface area contributed by atoms with Crippen molar-refractivity contribution in [1.82, 2.24) is 4.72 Å². The molecule has 0 saturated heterocycles. The molecule has 4 rings (SSSR count). The molecule has 0 aromatic heterocycles. The van der Waals surface area contributed by atoms with E-state index in [9.17, 15) is 13.2 Å². The lowest BCUT2D eigenvalue weighted by Gasteiger charge is -2.19. The molecule has 1 saturated carbocycles. The monoisotopic (exact) mass is 414 g/mol. The summed E-state index contributed by atoms with van der Waals surface area (Å²) in [5, 5.41) is 17.7. The fraction of sp³-hybridized carbons (Fsp3) is 0.300. The summed E-state index contributed by atoms with van der Waals surface area (Å²) in [6, 6.07) is 12.6. The summed E-state index contributed by atoms with van der Waals surface area (Å²) in [5.41, 5.74) is 1.19. The molecule has 1 fully saturated rings. The van der Waals surface area contributed by atoms with Gasteiger partial charge in [-0.15, -0.1) is 0 Å². The Balaban J connectivity index is 1.57. The number of carboxylic acids is 1. The first kappa shape index (κ1) is 19.2. The van der Waals surface area contributed by atoms with Gasteiger partial charge in [0.1, 0.15) is 6.10 Å². The van der Waals surface area contributed by atoms with Gasteiger partial charge in [0.15, 0.2) is 18.1 Å². The van der Waals surface area contributed by atoms with Gasteiger partial charge in [-0.3, -0.25) is 0 Å². The van der Waals surface area contributed by atoms with E-state index in [4.69, 9.17) is 19.8 Å². The van der Waals surface area contributed by atoms with Crippen LogP contribution in [0.4, 0.5) is 0 Å². The summed E-state index contributed by atoms with van der Waals surface area (Å²) in [5.74, 6) is -0.459. The second-order valence-corrected chi connectivity index (χ2v) is 8.69. The van der Waals surface area contributed by atoms with Gasteiger partial charge in [-0.25, -0.2) is 17.9 Å². The first-order valence-corrected chi connectivity index (χ1v) is 10.5. The highest BCUT2D eigenvalue weighted by molar-refractivity contribution is 7.89. The Morgan fingerprint density at radius 3 is 2.69 bits per heavy atom. The number of hydrogen-bond acceptors (Lipinski definition) is 6. The molecular weight excluding hydrogens is 396 g/mol. The molecule has 2 N–H and O–H groups in total. The lowest BCUT2D eigenvalue weighted by Crippen LogP contribution is -2.37. The Morgan fingerprint density at radius 2 is 2.00 bits per heavy atom. The first-order valence-electron chi connectivity index (χ1n) is 9.05. The molecule has 1 aliphatic carbocycles. The highest BCUT2D eigenvalue weighted by Crippen LogP contribution is 2.51. The Labute approximate surface area is 167 Å². The minimum atomic E-state index is -3.77. The van der Waals surface area contributed by atoms with Crippen LogP contribution in [0.25, 0.3) is 0 Å². The highest BCUT2D eigenvalue weighted by atomic mass is 32.2. The summed E-state index contributed by atoms with van der Waals surface area (Å²) in [6.07, 6.45) is 1.08. The number of rotatable bonds is 6. The molecule has 9 heteroatoms. The largest absolute Gasteiger partial charge is 0.486 e. The molecule has 0 spiro atoms. The molecule has 0 radical (unpaired) electrons. The fourth-order valence-corrected chi connectivity index (χ4v) is 5.24. The van der Waals surface area contributed by atoms with Crippen molar-refractivity contribution < 1.29 is 27.8 Å². The number of fused-ring (bicyclic) bond motifs is 3. The molecule has 0 bridgehead atoms. The van der Waals surface area contributed by atoms with Crippen LogP contribution in [-0.2, 0) is 14.8 Å². The summed E-state index contributed by atoms with van der Waals surface area (Å²) in [6.45, 7) is -0.482. The topological polar surface area (TPSA) is 126 Å². The quantitative estimate of drug-likeness (QED) is 0.740. The molecular formula is C20H18N2O6S. The van der Waals surface area contributed by atoms with E-state index in [0.717, 1.165) is 5.56 Å². The van der Waals surface area contributed by atoms with Gasteiger partial charge in [-0.2, -0.15) is 5.26 Å². The lowest BCUT2D eigenvalue weighted by atomic mass is 9.94. The van der Waals surface area contributed by atoms with Gasteiger partial charge < -0.3 is 14.6 Å². The van der Waals surface area contributed by atoms with Crippen LogP contribution in [-0.4, -0.2) is 38.2 Å². The molecule has 8 nitrogen and oxygen atoms in total. The standard InChI is InChI=1S/C20H18N2O6S/c21-10-12-4-6-13(7-5-12)29(25,26)22-15-8-9-16-19(15)14-2-1-3-17(20(14)28-16)27-11-18(23)24/h1-7,15-16,19,22H,8-9,11H2,(H,23,24). The molecule has 3 atom stereocenters. The van der Waals surface area contributed by atoms with Gasteiger partial charge in [-0.05, 0) is 43.2 Å². The van der Waals surface area contributed by atoms with Crippen LogP contribution in [0.15, 0.2) is 47.4 Å². The van der Waals surface area contributed by atoms with Crippen LogP contribution in [0.1, 0.15) is 29.9 Å². The maximum atomic E-state index is 12.8. The third-order valence-electron chi connectivity index (χ3n) is 5.19. The molecule has 2 aliphatic rings. The van der Waals surface area contributed by atoms with Crippen LogP contribution >= 0.6 is 0 Å². The van der Waals surface area contributed by atoms with Crippen molar-refractivity contribution in [2.75, 3.05) is 6.61 Å². The SMILES string of the molecule is N#Cc1ccc(S(=O)(=O)NC2CCC3Oc4c(OCC(=O)O)cccc4C23)cc1. The molecule has 3 unspecified atom stereocenters. The highest BCUT2D eigenvalue weighted by Gasteiger charge is 2.47. The van der Waals surface area contributed by atoms with Crippen molar-refractivity contribution in [3.63, 3.8) is 0 Å². The predicted octanol–water partition coefficient (Wildman–Crippen LogP) is 2.01. The van der Waals surface area contributed by atoms with Crippen LogP contribution in [0.2, 0.25) is 0 Å². The lowest BCUT2D eigenvalue weighted by molar-refractivity contribution is -0.139. The number of nitrogens with one attached hydrogen (secondary N) is 1. The minimum Gasteiger partial charge on any atom is -0.486 e. The summed E-state index contributed by atoms with van der Waals surface area (Å²) < 4.78 is 39.7. The normalized spacial score (nSPS) is 22.2. The number of nitriles is 1.